The maximum atomic E-state index is 14.8. The van der Waals surface area contributed by atoms with Gasteiger partial charge in [-0.05, 0) is 117 Å². The fourth-order valence-electron chi connectivity index (χ4n) is 11.3. The van der Waals surface area contributed by atoms with Gasteiger partial charge in [-0.15, -0.1) is 0 Å². The fourth-order valence-corrected chi connectivity index (χ4v) is 11.3. The highest BCUT2D eigenvalue weighted by Gasteiger charge is 2.52. The van der Waals surface area contributed by atoms with Gasteiger partial charge in [-0.25, -0.2) is 15.0 Å². The summed E-state index contributed by atoms with van der Waals surface area (Å²) in [6.07, 6.45) is -8.82. The largest absolute Gasteiger partial charge is 0.493 e. The van der Waals surface area contributed by atoms with E-state index in [-0.39, 0.29) is 43.9 Å². The highest BCUT2D eigenvalue weighted by molar-refractivity contribution is 5.92. The summed E-state index contributed by atoms with van der Waals surface area (Å²) in [5.74, 6) is -2.62. The SMILES string of the molecule is CC[C@H]1OC(=O)[C@H](C)[C@@H](OC2CC(C)(C)[C@@H](OC(=O)NNC(=O)/C=C/c3ccc(OC)c(OC)c3)[C@H](C)O2)[C@H](C)[C@@H](O[C@@H]2O[C@H](C)C[C@H](N(C)C)[C@H]2O)[C@@](C)(O)C[C@@H](C)CN(C)[C@H](C)[C@@H](OC(=O)NCCc2ccccc2)[C@H]1O. The number of alkyl carbamates (subject to hydrolysis) is 1. The van der Waals surface area contributed by atoms with Crippen LogP contribution in [0, 0.1) is 23.2 Å². The molecule has 3 heterocycles. The number of hydrogen-bond donors (Lipinski definition) is 6. The number of nitrogens with zero attached hydrogens (tertiary/aromatic N) is 2. The molecule has 0 bridgehead atoms. The molecule has 5 rings (SSSR count). The quantitative estimate of drug-likeness (QED) is 0.0549. The van der Waals surface area contributed by atoms with Crippen molar-refractivity contribution in [3.05, 3.63) is 65.7 Å². The van der Waals surface area contributed by atoms with Crippen LogP contribution >= 0.6 is 0 Å². The van der Waals surface area contributed by atoms with Crippen molar-refractivity contribution in [3.8, 4) is 11.5 Å². The number of aliphatic hydroxyl groups is 3. The number of rotatable bonds is 15. The van der Waals surface area contributed by atoms with Gasteiger partial charge in [0, 0.05) is 49.0 Å². The van der Waals surface area contributed by atoms with E-state index < -0.39 is 114 Å². The zero-order valence-electron chi connectivity index (χ0n) is 49.0. The molecule has 6 N–H and O–H groups in total. The number of esters is 1. The van der Waals surface area contributed by atoms with E-state index >= 15 is 0 Å². The van der Waals surface area contributed by atoms with E-state index in [1.165, 1.54) is 26.4 Å². The number of aliphatic hydroxyl groups excluding tert-OH is 2. The van der Waals surface area contributed by atoms with Crippen LogP contribution in [0.2, 0.25) is 0 Å². The van der Waals surface area contributed by atoms with Crippen molar-refractivity contribution < 1.29 is 77.1 Å². The van der Waals surface area contributed by atoms with Crippen LogP contribution in [0.5, 0.6) is 11.5 Å². The van der Waals surface area contributed by atoms with Crippen molar-refractivity contribution in [2.24, 2.45) is 23.2 Å². The lowest BCUT2D eigenvalue weighted by Gasteiger charge is -2.49. The third-order valence-electron chi connectivity index (χ3n) is 15.6. The normalized spacial score (nSPS) is 34.1. The van der Waals surface area contributed by atoms with Gasteiger partial charge >= 0.3 is 18.2 Å². The number of amides is 3. The van der Waals surface area contributed by atoms with E-state index in [2.05, 4.69) is 16.2 Å². The van der Waals surface area contributed by atoms with E-state index in [0.717, 1.165) is 5.56 Å². The van der Waals surface area contributed by atoms with Gasteiger partial charge in [0.05, 0.1) is 50.2 Å². The second-order valence-corrected chi connectivity index (χ2v) is 23.0. The van der Waals surface area contributed by atoms with Crippen molar-refractivity contribution in [2.45, 2.75) is 187 Å². The van der Waals surface area contributed by atoms with Crippen LogP contribution in [0.15, 0.2) is 54.6 Å². The minimum absolute atomic E-state index is 0.138. The lowest BCUT2D eigenvalue weighted by molar-refractivity contribution is -0.312. The molecule has 17 atom stereocenters. The fraction of sp³-hybridized carbons (Fsp3) is 0.690. The Balaban J connectivity index is 1.42. The van der Waals surface area contributed by atoms with E-state index in [4.69, 9.17) is 42.6 Å². The Kier molecular flexibility index (Phi) is 23.8. The highest BCUT2D eigenvalue weighted by Crippen LogP contribution is 2.42. The van der Waals surface area contributed by atoms with Gasteiger partial charge in [-0.3, -0.25) is 19.9 Å². The van der Waals surface area contributed by atoms with Gasteiger partial charge in [0.15, 0.2) is 24.1 Å². The number of benzene rings is 2. The lowest BCUT2D eigenvalue weighted by Crippen LogP contribution is -2.60. The first kappa shape index (κ1) is 64.7. The predicted octanol–water partition coefficient (Wildman–Crippen LogP) is 5.60. The van der Waals surface area contributed by atoms with Gasteiger partial charge in [0.1, 0.15) is 30.5 Å². The number of hydrogen-bond acceptors (Lipinski definition) is 18. The summed E-state index contributed by atoms with van der Waals surface area (Å²) in [6.45, 7) is 18.6. The van der Waals surface area contributed by atoms with Crippen LogP contribution in [0.1, 0.15) is 106 Å². The summed E-state index contributed by atoms with van der Waals surface area (Å²) < 4.78 is 55.4. The van der Waals surface area contributed by atoms with Crippen molar-refractivity contribution in [1.29, 1.82) is 0 Å². The van der Waals surface area contributed by atoms with Crippen molar-refractivity contribution in [2.75, 3.05) is 48.5 Å². The number of methoxy groups -OCH3 is 2. The Morgan fingerprint density at radius 2 is 1.53 bits per heavy atom. The van der Waals surface area contributed by atoms with Gasteiger partial charge in [0.2, 0.25) is 0 Å². The summed E-state index contributed by atoms with van der Waals surface area (Å²) in [5, 5.41) is 39.7. The Hall–Kier alpha value is -5.10. The van der Waals surface area contributed by atoms with Gasteiger partial charge in [-0.1, -0.05) is 71.0 Å². The number of hydrazine groups is 1. The molecule has 3 amide bonds. The van der Waals surface area contributed by atoms with Crippen molar-refractivity contribution in [1.82, 2.24) is 26.0 Å². The van der Waals surface area contributed by atoms with E-state index in [0.29, 0.717) is 36.4 Å². The zero-order valence-corrected chi connectivity index (χ0v) is 49.0. The summed E-state index contributed by atoms with van der Waals surface area (Å²) in [4.78, 5) is 58.2. The van der Waals surface area contributed by atoms with Crippen molar-refractivity contribution in [3.63, 3.8) is 0 Å². The van der Waals surface area contributed by atoms with E-state index in [1.54, 1.807) is 52.8 Å². The molecule has 3 aliphatic rings. The molecular weight excluding hydrogens is 1020 g/mol. The first-order valence-electron chi connectivity index (χ1n) is 27.6. The summed E-state index contributed by atoms with van der Waals surface area (Å²) in [6, 6.07) is 13.8. The molecule has 3 saturated heterocycles. The highest BCUT2D eigenvalue weighted by atomic mass is 16.7. The second-order valence-electron chi connectivity index (χ2n) is 23.0. The molecule has 0 aliphatic carbocycles. The average Bonchev–Trinajstić information content (AvgIpc) is 3.42. The zero-order chi connectivity index (χ0) is 58.5. The Bertz CT molecular complexity index is 2310. The topological polar surface area (TPSA) is 255 Å². The minimum Gasteiger partial charge on any atom is -0.493 e. The smallest absolute Gasteiger partial charge is 0.426 e. The predicted molar refractivity (Wildman–Crippen MR) is 294 cm³/mol. The molecule has 0 spiro atoms. The maximum absolute atomic E-state index is 14.8. The van der Waals surface area contributed by atoms with Gasteiger partial charge in [0.25, 0.3) is 5.91 Å². The molecule has 444 valence electrons. The molecule has 79 heavy (non-hydrogen) atoms. The van der Waals surface area contributed by atoms with Crippen LogP contribution in [0.3, 0.4) is 0 Å². The standard InChI is InChI=1S/C58H91N5O16/c1-16-42-48(66)50(77-55(68)59-27-26-39-20-18-17-19-21-39)37(6)63(13)32-33(2)30-58(10,70)51(78-54-47(65)41(62(11)12)28-34(3)73-54)35(4)49(36(5)53(67)75-42)76-46-31-57(8,9)52(38(7)74-46)79-56(69)61-60-45(64)25-23-40-22-24-43(71-14)44(29-40)72-15/h17-25,29,33-38,41-42,46-52,54,65-66,70H,16,26-28,30-32H2,1-15H3,(H,59,68)(H,60,64)(H,61,69)/b25-23+/t33-,34-,35+,36-,37-,38+,41+,42-,46?,47-,48+,49+,50-,51-,52+,54+,58+/m1/s1. The number of cyclic esters (lactones) is 1. The number of carbonyl (C=O) groups excluding carboxylic acids is 4. The van der Waals surface area contributed by atoms with Gasteiger partial charge in [-0.2, -0.15) is 0 Å². The summed E-state index contributed by atoms with van der Waals surface area (Å²) in [5.41, 5.74) is 3.79. The van der Waals surface area contributed by atoms with Crippen LogP contribution in [0.25, 0.3) is 6.08 Å². The van der Waals surface area contributed by atoms with Gasteiger partial charge < -0.3 is 68.2 Å². The molecule has 21 nitrogen and oxygen atoms in total. The van der Waals surface area contributed by atoms with Crippen molar-refractivity contribution >= 4 is 30.1 Å². The lowest BCUT2D eigenvalue weighted by atomic mass is 9.77. The van der Waals surface area contributed by atoms with Crippen LogP contribution in [-0.4, -0.2) is 183 Å². The number of ether oxygens (including phenoxy) is 9. The number of nitrogens with one attached hydrogen (secondary N) is 3. The molecule has 21 heteroatoms. The molecule has 2 aromatic rings. The molecule has 0 aromatic heterocycles. The number of carbonyl (C=O) groups is 4. The third-order valence-corrected chi connectivity index (χ3v) is 15.6. The Morgan fingerprint density at radius 1 is 0.848 bits per heavy atom. The average molecular weight is 1110 g/mol. The molecule has 3 aliphatic heterocycles. The molecule has 1 unspecified atom stereocenters. The molecule has 3 fully saturated rings. The van der Waals surface area contributed by atoms with Crippen LogP contribution < -0.4 is 25.6 Å². The first-order chi connectivity index (χ1) is 37.2. The van der Waals surface area contributed by atoms with E-state index in [1.807, 2.05) is 95.9 Å². The second kappa shape index (κ2) is 29.0. The summed E-state index contributed by atoms with van der Waals surface area (Å²) in [7, 11) is 8.59. The molecular formula is C58H91N5O16. The summed E-state index contributed by atoms with van der Waals surface area (Å²) >= 11 is 0. The molecule has 0 saturated carbocycles. The maximum Gasteiger partial charge on any atom is 0.426 e. The number of likely N-dealkylation sites (N-methyl/N-ethyl adjacent to an activating group) is 2. The Morgan fingerprint density at radius 3 is 2.16 bits per heavy atom. The third kappa shape index (κ3) is 17.7. The minimum atomic E-state index is -1.67. The van der Waals surface area contributed by atoms with E-state index in [9.17, 15) is 34.5 Å². The van der Waals surface area contributed by atoms with Crippen LogP contribution in [0.4, 0.5) is 9.59 Å². The Labute approximate surface area is 467 Å². The molecule has 2 aromatic carbocycles. The molecule has 0 radical (unpaired) electrons. The monoisotopic (exact) mass is 1110 g/mol. The van der Waals surface area contributed by atoms with Crippen LogP contribution in [-0.2, 0) is 49.2 Å². The first-order valence-corrected chi connectivity index (χ1v) is 27.6.